The molecule has 0 aromatic heterocycles. The van der Waals surface area contributed by atoms with Crippen LogP contribution in [-0.4, -0.2) is 3.98 Å². The van der Waals surface area contributed by atoms with Crippen LogP contribution in [0.5, 0.6) is 5.75 Å². The number of rotatable bonds is 1. The number of nitrogens with zero attached hydrogens (tertiary/aromatic N) is 1. The summed E-state index contributed by atoms with van der Waals surface area (Å²) in [7, 11) is 0. The lowest BCUT2D eigenvalue weighted by Crippen LogP contribution is -2.12. The molecule has 0 atom stereocenters. The summed E-state index contributed by atoms with van der Waals surface area (Å²) in [6.45, 7) is 0. The van der Waals surface area contributed by atoms with Crippen molar-refractivity contribution in [3.63, 3.8) is 0 Å². The van der Waals surface area contributed by atoms with Gasteiger partial charge in [-0.25, -0.2) is 0 Å². The number of nitriles is 1. The third-order valence-electron chi connectivity index (χ3n) is 1.22. The third kappa shape index (κ3) is 3.73. The van der Waals surface area contributed by atoms with Crippen LogP contribution in [0.4, 0.5) is 0 Å². The quantitative estimate of drug-likeness (QED) is 0.701. The number of ether oxygens (including phenoxy) is 1. The standard InChI is InChI=1S/C8H4Cl3NO/c9-8(10,11)13-7-3-1-6(5-12)2-4-7/h1-4H. The zero-order valence-electron chi connectivity index (χ0n) is 6.30. The molecule has 5 heteroatoms. The lowest BCUT2D eigenvalue weighted by Gasteiger charge is -2.12. The van der Waals surface area contributed by atoms with E-state index in [1.165, 1.54) is 0 Å². The average molecular weight is 236 g/mol. The maximum absolute atomic E-state index is 8.49. The van der Waals surface area contributed by atoms with Gasteiger partial charge >= 0.3 is 3.98 Å². The van der Waals surface area contributed by atoms with Crippen LogP contribution in [0.15, 0.2) is 24.3 Å². The molecule has 0 spiro atoms. The molecule has 68 valence electrons. The smallest absolute Gasteiger partial charge is 0.338 e. The molecule has 2 nitrogen and oxygen atoms in total. The molecule has 0 saturated heterocycles. The van der Waals surface area contributed by atoms with Gasteiger partial charge in [0.05, 0.1) is 11.6 Å². The Morgan fingerprint density at radius 2 is 1.69 bits per heavy atom. The van der Waals surface area contributed by atoms with Crippen molar-refractivity contribution in [1.82, 2.24) is 0 Å². The van der Waals surface area contributed by atoms with Crippen LogP contribution < -0.4 is 4.74 Å². The Labute approximate surface area is 90.6 Å². The zero-order chi connectivity index (χ0) is 9.90. The van der Waals surface area contributed by atoms with E-state index in [0.717, 1.165) is 0 Å². The largest absolute Gasteiger partial charge is 0.446 e. The van der Waals surface area contributed by atoms with Crippen molar-refractivity contribution in [3.05, 3.63) is 29.8 Å². The summed E-state index contributed by atoms with van der Waals surface area (Å²) in [5.74, 6) is 0.402. The topological polar surface area (TPSA) is 33.0 Å². The summed E-state index contributed by atoms with van der Waals surface area (Å²) in [4.78, 5) is 0. The molecule has 0 unspecified atom stereocenters. The lowest BCUT2D eigenvalue weighted by atomic mass is 10.2. The van der Waals surface area contributed by atoms with E-state index in [1.54, 1.807) is 24.3 Å². The van der Waals surface area contributed by atoms with Gasteiger partial charge in [0.15, 0.2) is 0 Å². The summed E-state index contributed by atoms with van der Waals surface area (Å²) in [5, 5.41) is 8.49. The summed E-state index contributed by atoms with van der Waals surface area (Å²) in [6, 6.07) is 8.22. The second kappa shape index (κ2) is 4.06. The number of benzene rings is 1. The van der Waals surface area contributed by atoms with Gasteiger partial charge in [-0.3, -0.25) is 0 Å². The van der Waals surface area contributed by atoms with E-state index in [2.05, 4.69) is 0 Å². The Bertz CT molecular complexity index is 323. The van der Waals surface area contributed by atoms with Gasteiger partial charge < -0.3 is 4.74 Å². The molecule has 0 fully saturated rings. The highest BCUT2D eigenvalue weighted by atomic mass is 35.6. The molecule has 1 rings (SSSR count). The molecule has 0 radical (unpaired) electrons. The molecule has 1 aromatic rings. The second-order valence-electron chi connectivity index (χ2n) is 2.18. The van der Waals surface area contributed by atoms with Gasteiger partial charge in [-0.2, -0.15) is 5.26 Å². The van der Waals surface area contributed by atoms with Crippen LogP contribution >= 0.6 is 34.8 Å². The van der Waals surface area contributed by atoms with E-state index in [0.29, 0.717) is 11.3 Å². The number of alkyl halides is 3. The van der Waals surface area contributed by atoms with Crippen molar-refractivity contribution in [2.45, 2.75) is 3.98 Å². The second-order valence-corrected chi connectivity index (χ2v) is 4.36. The molecule has 0 saturated carbocycles. The first-order valence-corrected chi connectivity index (χ1v) is 4.40. The molecule has 0 heterocycles. The normalized spacial score (nSPS) is 10.6. The fourth-order valence-corrected chi connectivity index (χ4v) is 0.998. The van der Waals surface area contributed by atoms with Gasteiger partial charge in [0.2, 0.25) is 0 Å². The van der Waals surface area contributed by atoms with E-state index in [1.807, 2.05) is 6.07 Å². The van der Waals surface area contributed by atoms with Crippen molar-refractivity contribution in [2.75, 3.05) is 0 Å². The van der Waals surface area contributed by atoms with E-state index < -0.39 is 3.98 Å². The SMILES string of the molecule is N#Cc1ccc(OC(Cl)(Cl)Cl)cc1. The first-order valence-electron chi connectivity index (χ1n) is 3.27. The molecule has 0 amide bonds. The van der Waals surface area contributed by atoms with Crippen LogP contribution in [-0.2, 0) is 0 Å². The molecule has 1 aromatic carbocycles. The molecule has 0 aliphatic heterocycles. The maximum Gasteiger partial charge on any atom is 0.338 e. The first-order chi connectivity index (χ1) is 6.01. The van der Waals surface area contributed by atoms with Crippen molar-refractivity contribution in [2.24, 2.45) is 0 Å². The minimum Gasteiger partial charge on any atom is -0.446 e. The van der Waals surface area contributed by atoms with E-state index in [-0.39, 0.29) is 0 Å². The van der Waals surface area contributed by atoms with Crippen LogP contribution in [0.25, 0.3) is 0 Å². The number of hydrogen-bond donors (Lipinski definition) is 0. The number of hydrogen-bond acceptors (Lipinski definition) is 2. The van der Waals surface area contributed by atoms with Gasteiger partial charge in [-0.05, 0) is 59.1 Å². The monoisotopic (exact) mass is 235 g/mol. The van der Waals surface area contributed by atoms with Gasteiger partial charge in [0.1, 0.15) is 5.75 Å². The molecular weight excluding hydrogens is 232 g/mol. The lowest BCUT2D eigenvalue weighted by molar-refractivity contribution is 0.320. The van der Waals surface area contributed by atoms with Crippen LogP contribution in [0.2, 0.25) is 0 Å². The Kier molecular flexibility index (Phi) is 3.27. The Morgan fingerprint density at radius 1 is 1.15 bits per heavy atom. The van der Waals surface area contributed by atoms with Gasteiger partial charge in [0.25, 0.3) is 0 Å². The average Bonchev–Trinajstić information content (AvgIpc) is 2.03. The van der Waals surface area contributed by atoms with Gasteiger partial charge in [-0.15, -0.1) is 0 Å². The summed E-state index contributed by atoms with van der Waals surface area (Å²) in [6.07, 6.45) is 0. The highest BCUT2D eigenvalue weighted by Gasteiger charge is 2.21. The predicted octanol–water partition coefficient (Wildman–Crippen LogP) is 3.26. The predicted molar refractivity (Wildman–Crippen MR) is 52.1 cm³/mol. The molecule has 0 bridgehead atoms. The zero-order valence-corrected chi connectivity index (χ0v) is 8.57. The molecular formula is C8H4Cl3NO. The van der Waals surface area contributed by atoms with E-state index >= 15 is 0 Å². The van der Waals surface area contributed by atoms with Crippen molar-refractivity contribution in [1.29, 1.82) is 5.26 Å². The Hall–Kier alpha value is -0.620. The Morgan fingerprint density at radius 3 is 2.08 bits per heavy atom. The van der Waals surface area contributed by atoms with Crippen LogP contribution in [0.1, 0.15) is 5.56 Å². The van der Waals surface area contributed by atoms with Crippen LogP contribution in [0.3, 0.4) is 0 Å². The van der Waals surface area contributed by atoms with E-state index in [9.17, 15) is 0 Å². The van der Waals surface area contributed by atoms with Crippen molar-refractivity contribution < 1.29 is 4.74 Å². The van der Waals surface area contributed by atoms with Crippen molar-refractivity contribution >= 4 is 34.8 Å². The summed E-state index contributed by atoms with van der Waals surface area (Å²) in [5.41, 5.74) is 0.525. The maximum atomic E-state index is 8.49. The fourth-order valence-electron chi connectivity index (χ4n) is 0.731. The molecule has 0 aliphatic carbocycles. The first kappa shape index (κ1) is 10.5. The molecule has 0 aliphatic rings. The molecule has 0 N–H and O–H groups in total. The molecule has 13 heavy (non-hydrogen) atoms. The van der Waals surface area contributed by atoms with Crippen molar-refractivity contribution in [3.8, 4) is 11.8 Å². The highest BCUT2D eigenvalue weighted by Crippen LogP contribution is 2.29. The minimum atomic E-state index is -1.77. The van der Waals surface area contributed by atoms with Gasteiger partial charge in [0, 0.05) is 0 Å². The van der Waals surface area contributed by atoms with Crippen LogP contribution in [0, 0.1) is 11.3 Å². The number of halogens is 3. The third-order valence-corrected chi connectivity index (χ3v) is 1.45. The van der Waals surface area contributed by atoms with E-state index in [4.69, 9.17) is 44.8 Å². The summed E-state index contributed by atoms with van der Waals surface area (Å²) >= 11 is 16.2. The fraction of sp³-hybridized carbons (Fsp3) is 0.125. The summed E-state index contributed by atoms with van der Waals surface area (Å²) < 4.78 is 3.12. The highest BCUT2D eigenvalue weighted by molar-refractivity contribution is 6.66. The van der Waals surface area contributed by atoms with Gasteiger partial charge in [-0.1, -0.05) is 0 Å². The Balaban J connectivity index is 2.77. The minimum absolute atomic E-state index is 0.402.